The molecule has 0 unspecified atom stereocenters. The molecular formula is C27H29BrN2O2S. The Morgan fingerprint density at radius 2 is 1.61 bits per heavy atom. The van der Waals surface area contributed by atoms with Gasteiger partial charge >= 0.3 is 0 Å². The second-order valence-corrected chi connectivity index (χ2v) is 9.55. The molecule has 1 heterocycles. The van der Waals surface area contributed by atoms with Crippen molar-refractivity contribution < 1.29 is 9.47 Å². The van der Waals surface area contributed by atoms with Crippen molar-refractivity contribution in [2.24, 2.45) is 0 Å². The summed E-state index contributed by atoms with van der Waals surface area (Å²) in [5.41, 5.74) is 4.66. The summed E-state index contributed by atoms with van der Waals surface area (Å²) < 4.78 is 12.6. The molecule has 0 radical (unpaired) electrons. The van der Waals surface area contributed by atoms with Gasteiger partial charge in [-0.3, -0.25) is 4.90 Å². The van der Waals surface area contributed by atoms with Crippen molar-refractivity contribution >= 4 is 33.1 Å². The molecule has 1 saturated heterocycles. The van der Waals surface area contributed by atoms with E-state index in [1.165, 1.54) is 11.1 Å². The molecule has 0 aliphatic carbocycles. The summed E-state index contributed by atoms with van der Waals surface area (Å²) in [5.74, 6) is 1.38. The minimum Gasteiger partial charge on any atom is -0.493 e. The second-order valence-electron chi connectivity index (χ2n) is 8.31. The number of halogens is 1. The summed E-state index contributed by atoms with van der Waals surface area (Å²) in [6.07, 6.45) is 0. The third-order valence-corrected chi connectivity index (χ3v) is 7.04. The Kier molecular flexibility index (Phi) is 8.02. The lowest BCUT2D eigenvalue weighted by Gasteiger charge is -2.36. The lowest BCUT2D eigenvalue weighted by Crippen LogP contribution is -2.48. The van der Waals surface area contributed by atoms with E-state index >= 15 is 0 Å². The first-order chi connectivity index (χ1) is 16.0. The molecule has 3 aromatic carbocycles. The highest BCUT2D eigenvalue weighted by atomic mass is 79.9. The van der Waals surface area contributed by atoms with E-state index in [4.69, 9.17) is 21.7 Å². The van der Waals surface area contributed by atoms with Gasteiger partial charge in [-0.25, -0.2) is 0 Å². The average Bonchev–Trinajstić information content (AvgIpc) is 2.84. The van der Waals surface area contributed by atoms with Gasteiger partial charge in [0.25, 0.3) is 0 Å². The molecule has 172 valence electrons. The van der Waals surface area contributed by atoms with E-state index in [9.17, 15) is 0 Å². The highest BCUT2D eigenvalue weighted by Gasteiger charge is 2.22. The summed E-state index contributed by atoms with van der Waals surface area (Å²) in [4.78, 5) is 5.60. The summed E-state index contributed by atoms with van der Waals surface area (Å²) in [6, 6.07) is 22.9. The highest BCUT2D eigenvalue weighted by Crippen LogP contribution is 2.35. The van der Waals surface area contributed by atoms with Crippen LogP contribution < -0.4 is 9.47 Å². The lowest BCUT2D eigenvalue weighted by atomic mass is 10.1. The number of methoxy groups -OCH3 is 1. The normalized spacial score (nSPS) is 14.2. The molecule has 33 heavy (non-hydrogen) atoms. The van der Waals surface area contributed by atoms with E-state index in [-0.39, 0.29) is 0 Å². The predicted octanol–water partition coefficient (Wildman–Crippen LogP) is 5.84. The zero-order valence-electron chi connectivity index (χ0n) is 19.1. The van der Waals surface area contributed by atoms with Crippen LogP contribution in [0.15, 0.2) is 71.2 Å². The van der Waals surface area contributed by atoms with Gasteiger partial charge in [-0.15, -0.1) is 0 Å². The Hall–Kier alpha value is -2.41. The summed E-state index contributed by atoms with van der Waals surface area (Å²) >= 11 is 9.59. The molecule has 0 N–H and O–H groups in total. The summed E-state index contributed by atoms with van der Waals surface area (Å²) in [6.45, 7) is 7.33. The largest absolute Gasteiger partial charge is 0.493 e. The Bertz CT molecular complexity index is 1080. The maximum Gasteiger partial charge on any atom is 0.162 e. The van der Waals surface area contributed by atoms with Gasteiger partial charge in [-0.1, -0.05) is 72.4 Å². The zero-order valence-corrected chi connectivity index (χ0v) is 21.5. The molecule has 6 heteroatoms. The molecule has 1 aliphatic heterocycles. The van der Waals surface area contributed by atoms with E-state index in [2.05, 4.69) is 87.3 Å². The fourth-order valence-electron chi connectivity index (χ4n) is 3.94. The van der Waals surface area contributed by atoms with Gasteiger partial charge in [0.15, 0.2) is 11.5 Å². The number of thiocarbonyl (C=S) groups is 1. The molecule has 3 aromatic rings. The SMILES string of the molecule is COc1cc(C(=S)N2CCN(Cc3ccccc3)CC2)c(Br)cc1OCc1ccc(C)cc1. The van der Waals surface area contributed by atoms with Crippen LogP contribution in [0.5, 0.6) is 11.5 Å². The van der Waals surface area contributed by atoms with Gasteiger partial charge in [-0.2, -0.15) is 0 Å². The molecule has 4 rings (SSSR count). The molecule has 0 amide bonds. The lowest BCUT2D eigenvalue weighted by molar-refractivity contribution is 0.177. The maximum absolute atomic E-state index is 6.07. The minimum absolute atomic E-state index is 0.482. The molecule has 0 spiro atoms. The summed E-state index contributed by atoms with van der Waals surface area (Å²) in [5, 5.41) is 0. The number of ether oxygens (including phenoxy) is 2. The first-order valence-corrected chi connectivity index (χ1v) is 12.3. The number of piperazine rings is 1. The fourth-order valence-corrected chi connectivity index (χ4v) is 4.93. The van der Waals surface area contributed by atoms with Crippen LogP contribution in [-0.2, 0) is 13.2 Å². The first kappa shape index (κ1) is 23.7. The first-order valence-electron chi connectivity index (χ1n) is 11.1. The molecule has 1 fully saturated rings. The van der Waals surface area contributed by atoms with Crippen molar-refractivity contribution in [1.82, 2.24) is 9.80 Å². The third-order valence-electron chi connectivity index (χ3n) is 5.91. The number of hydrogen-bond donors (Lipinski definition) is 0. The average molecular weight is 526 g/mol. The van der Waals surface area contributed by atoms with Crippen LogP contribution in [0.4, 0.5) is 0 Å². The van der Waals surface area contributed by atoms with Crippen LogP contribution in [0.3, 0.4) is 0 Å². The van der Waals surface area contributed by atoms with Gasteiger partial charge in [-0.05, 0) is 46.1 Å². The number of nitrogens with zero attached hydrogens (tertiary/aromatic N) is 2. The monoisotopic (exact) mass is 524 g/mol. The van der Waals surface area contributed by atoms with E-state index in [0.29, 0.717) is 18.1 Å². The Morgan fingerprint density at radius 3 is 2.27 bits per heavy atom. The van der Waals surface area contributed by atoms with Crippen molar-refractivity contribution in [1.29, 1.82) is 0 Å². The summed E-state index contributed by atoms with van der Waals surface area (Å²) in [7, 11) is 1.66. The van der Waals surface area contributed by atoms with Crippen molar-refractivity contribution in [3.8, 4) is 11.5 Å². The molecule has 4 nitrogen and oxygen atoms in total. The van der Waals surface area contributed by atoms with Gasteiger partial charge in [0.2, 0.25) is 0 Å². The predicted molar refractivity (Wildman–Crippen MR) is 141 cm³/mol. The van der Waals surface area contributed by atoms with E-state index in [1.807, 2.05) is 12.1 Å². The number of rotatable bonds is 7. The van der Waals surface area contributed by atoms with E-state index < -0.39 is 0 Å². The van der Waals surface area contributed by atoms with Gasteiger partial charge in [0.1, 0.15) is 11.6 Å². The third kappa shape index (κ3) is 6.14. The molecule has 0 aromatic heterocycles. The van der Waals surface area contributed by atoms with Crippen LogP contribution in [0, 0.1) is 6.92 Å². The number of benzene rings is 3. The van der Waals surface area contributed by atoms with Crippen LogP contribution >= 0.6 is 28.1 Å². The Labute approximate surface area is 210 Å². The topological polar surface area (TPSA) is 24.9 Å². The fraction of sp³-hybridized carbons (Fsp3) is 0.296. The van der Waals surface area contributed by atoms with Crippen LogP contribution in [0.25, 0.3) is 0 Å². The van der Waals surface area contributed by atoms with Gasteiger partial charge in [0, 0.05) is 42.8 Å². The van der Waals surface area contributed by atoms with Crippen LogP contribution in [0.2, 0.25) is 0 Å². The highest BCUT2D eigenvalue weighted by molar-refractivity contribution is 9.10. The van der Waals surface area contributed by atoms with Crippen molar-refractivity contribution in [3.63, 3.8) is 0 Å². The standard InChI is InChI=1S/C27H29BrN2O2S/c1-20-8-10-22(11-9-20)19-32-26-17-24(28)23(16-25(26)31-2)27(33)30-14-12-29(13-15-30)18-21-6-4-3-5-7-21/h3-11,16-17H,12-15,18-19H2,1-2H3. The van der Waals surface area contributed by atoms with E-state index in [1.54, 1.807) is 7.11 Å². The molecular weight excluding hydrogens is 496 g/mol. The van der Waals surface area contributed by atoms with Crippen LogP contribution in [-0.4, -0.2) is 48.1 Å². The van der Waals surface area contributed by atoms with Gasteiger partial charge in [0.05, 0.1) is 7.11 Å². The maximum atomic E-state index is 6.07. The smallest absolute Gasteiger partial charge is 0.162 e. The van der Waals surface area contributed by atoms with Crippen molar-refractivity contribution in [2.75, 3.05) is 33.3 Å². The van der Waals surface area contributed by atoms with Crippen molar-refractivity contribution in [2.45, 2.75) is 20.1 Å². The molecule has 0 saturated carbocycles. The second kappa shape index (κ2) is 11.1. The number of aryl methyl sites for hydroxylation is 1. The van der Waals surface area contributed by atoms with Crippen molar-refractivity contribution in [3.05, 3.63) is 93.5 Å². The Morgan fingerprint density at radius 1 is 0.909 bits per heavy atom. The number of hydrogen-bond acceptors (Lipinski definition) is 4. The Balaban J connectivity index is 1.39. The quantitative estimate of drug-likeness (QED) is 0.361. The van der Waals surface area contributed by atoms with Gasteiger partial charge < -0.3 is 14.4 Å². The zero-order chi connectivity index (χ0) is 23.2. The van der Waals surface area contributed by atoms with E-state index in [0.717, 1.165) is 53.3 Å². The minimum atomic E-state index is 0.482. The van der Waals surface area contributed by atoms with Crippen LogP contribution in [0.1, 0.15) is 22.3 Å². The molecule has 0 bridgehead atoms. The molecule has 0 atom stereocenters. The molecule has 1 aliphatic rings.